The van der Waals surface area contributed by atoms with Crippen LogP contribution >= 0.6 is 0 Å². The van der Waals surface area contributed by atoms with Crippen molar-refractivity contribution in [3.8, 4) is 0 Å². The Balaban J connectivity index is 1.66. The molecule has 2 unspecified atom stereocenters. The summed E-state index contributed by atoms with van der Waals surface area (Å²) in [6, 6.07) is 18.4. The van der Waals surface area contributed by atoms with E-state index in [1.165, 1.54) is 19.2 Å². The zero-order valence-corrected chi connectivity index (χ0v) is 20.8. The second-order valence-corrected chi connectivity index (χ2v) is 9.28. The molecule has 9 heteroatoms. The maximum absolute atomic E-state index is 14.0. The number of halogens is 3. The number of fused-ring (bicyclic) bond motifs is 2. The van der Waals surface area contributed by atoms with E-state index in [9.17, 15) is 22.8 Å². The number of amides is 2. The Kier molecular flexibility index (Phi) is 6.71. The second kappa shape index (κ2) is 9.98. The van der Waals surface area contributed by atoms with Crippen LogP contribution in [0.25, 0.3) is 10.9 Å². The van der Waals surface area contributed by atoms with Crippen LogP contribution in [-0.4, -0.2) is 41.5 Å². The van der Waals surface area contributed by atoms with E-state index < -0.39 is 29.6 Å². The van der Waals surface area contributed by atoms with Gasteiger partial charge in [-0.15, -0.1) is 0 Å². The standard InChI is InChI=1S/C29H26F3N3O3/c1-34-17-23(20-10-5-6-13-24(20)34)26-25(27(36)33-19-9-7-8-18(16-19)29(30,31)32)21-11-3-4-12-22(21)28(37)35(26)14-15-38-2/h3-13,16-17,25-26H,14-15H2,1-2H3,(H,33,36). The molecule has 5 rings (SSSR count). The Labute approximate surface area is 217 Å². The highest BCUT2D eigenvalue weighted by Crippen LogP contribution is 2.45. The third-order valence-electron chi connectivity index (χ3n) is 6.96. The lowest BCUT2D eigenvalue weighted by Gasteiger charge is -2.41. The summed E-state index contributed by atoms with van der Waals surface area (Å²) in [5.74, 6) is -1.63. The Morgan fingerprint density at radius 3 is 2.50 bits per heavy atom. The van der Waals surface area contributed by atoms with Gasteiger partial charge >= 0.3 is 6.18 Å². The average Bonchev–Trinajstić information content (AvgIpc) is 3.23. The van der Waals surface area contributed by atoms with E-state index in [4.69, 9.17) is 4.74 Å². The molecule has 2 heterocycles. The number of nitrogens with one attached hydrogen (secondary N) is 1. The Bertz CT molecular complexity index is 1510. The van der Waals surface area contributed by atoms with Crippen LogP contribution in [0.15, 0.2) is 79.0 Å². The molecule has 0 spiro atoms. The molecule has 1 aromatic heterocycles. The fraction of sp³-hybridized carbons (Fsp3) is 0.241. The number of aryl methyl sites for hydroxylation is 1. The molecule has 0 radical (unpaired) electrons. The Morgan fingerprint density at radius 1 is 1.00 bits per heavy atom. The van der Waals surface area contributed by atoms with Gasteiger partial charge in [-0.25, -0.2) is 0 Å². The summed E-state index contributed by atoms with van der Waals surface area (Å²) in [6.45, 7) is 0.474. The number of para-hydroxylation sites is 1. The van der Waals surface area contributed by atoms with Gasteiger partial charge < -0.3 is 19.5 Å². The first-order chi connectivity index (χ1) is 18.2. The highest BCUT2D eigenvalue weighted by Gasteiger charge is 2.45. The smallest absolute Gasteiger partial charge is 0.383 e. The Morgan fingerprint density at radius 2 is 1.74 bits per heavy atom. The SMILES string of the molecule is COCCN1C(=O)c2ccccc2C(C(=O)Nc2cccc(C(F)(F)F)c2)C1c1cn(C)c2ccccc12. The lowest BCUT2D eigenvalue weighted by molar-refractivity contribution is -0.137. The van der Waals surface area contributed by atoms with Crippen molar-refractivity contribution in [1.29, 1.82) is 0 Å². The van der Waals surface area contributed by atoms with Crippen LogP contribution in [0.1, 0.15) is 39.0 Å². The quantitative estimate of drug-likeness (QED) is 0.351. The van der Waals surface area contributed by atoms with Gasteiger partial charge in [-0.2, -0.15) is 13.2 Å². The van der Waals surface area contributed by atoms with Gasteiger partial charge in [0, 0.05) is 54.6 Å². The molecule has 0 saturated heterocycles. The molecule has 196 valence electrons. The minimum Gasteiger partial charge on any atom is -0.383 e. The number of nitrogens with zero attached hydrogens (tertiary/aromatic N) is 2. The fourth-order valence-electron chi connectivity index (χ4n) is 5.26. The van der Waals surface area contributed by atoms with Crippen molar-refractivity contribution in [1.82, 2.24) is 9.47 Å². The number of ether oxygens (including phenoxy) is 1. The number of alkyl halides is 3. The van der Waals surface area contributed by atoms with Crippen LogP contribution < -0.4 is 5.32 Å². The van der Waals surface area contributed by atoms with Crippen molar-refractivity contribution in [2.75, 3.05) is 25.6 Å². The van der Waals surface area contributed by atoms with Gasteiger partial charge in [0.25, 0.3) is 5.91 Å². The summed E-state index contributed by atoms with van der Waals surface area (Å²) < 4.78 is 47.2. The number of rotatable bonds is 6. The maximum Gasteiger partial charge on any atom is 0.416 e. The summed E-state index contributed by atoms with van der Waals surface area (Å²) >= 11 is 0. The van der Waals surface area contributed by atoms with E-state index in [-0.39, 0.29) is 24.7 Å². The number of hydrogen-bond donors (Lipinski definition) is 1. The topological polar surface area (TPSA) is 63.6 Å². The maximum atomic E-state index is 14.0. The predicted octanol–water partition coefficient (Wildman–Crippen LogP) is 5.76. The first-order valence-electron chi connectivity index (χ1n) is 12.1. The number of hydrogen-bond acceptors (Lipinski definition) is 3. The van der Waals surface area contributed by atoms with Crippen LogP contribution in [0.4, 0.5) is 18.9 Å². The third kappa shape index (κ3) is 4.54. The molecule has 6 nitrogen and oxygen atoms in total. The molecular weight excluding hydrogens is 495 g/mol. The van der Waals surface area contributed by atoms with E-state index in [2.05, 4.69) is 5.32 Å². The molecule has 4 aromatic rings. The molecule has 2 atom stereocenters. The van der Waals surface area contributed by atoms with Crippen LogP contribution in [0.2, 0.25) is 0 Å². The zero-order chi connectivity index (χ0) is 27.0. The Hall–Kier alpha value is -4.11. The monoisotopic (exact) mass is 521 g/mol. The van der Waals surface area contributed by atoms with Crippen molar-refractivity contribution in [2.24, 2.45) is 7.05 Å². The van der Waals surface area contributed by atoms with Gasteiger partial charge in [-0.3, -0.25) is 9.59 Å². The van der Waals surface area contributed by atoms with Crippen LogP contribution in [-0.2, 0) is 22.8 Å². The molecule has 3 aromatic carbocycles. The van der Waals surface area contributed by atoms with Gasteiger partial charge in [0.15, 0.2) is 0 Å². The molecule has 0 saturated carbocycles. The van der Waals surface area contributed by atoms with Crippen molar-refractivity contribution >= 4 is 28.4 Å². The van der Waals surface area contributed by atoms with Crippen molar-refractivity contribution in [3.63, 3.8) is 0 Å². The zero-order valence-electron chi connectivity index (χ0n) is 20.8. The van der Waals surface area contributed by atoms with Gasteiger partial charge in [-0.05, 0) is 35.9 Å². The number of anilines is 1. The van der Waals surface area contributed by atoms with E-state index >= 15 is 0 Å². The molecule has 0 bridgehead atoms. The summed E-state index contributed by atoms with van der Waals surface area (Å²) in [4.78, 5) is 29.3. The number of aromatic nitrogens is 1. The molecule has 38 heavy (non-hydrogen) atoms. The van der Waals surface area contributed by atoms with Crippen LogP contribution in [0.3, 0.4) is 0 Å². The molecule has 0 aliphatic carbocycles. The molecule has 1 aliphatic heterocycles. The molecule has 2 amide bonds. The number of benzene rings is 3. The first-order valence-corrected chi connectivity index (χ1v) is 12.1. The number of carbonyl (C=O) groups is 2. The number of carbonyl (C=O) groups excluding carboxylic acids is 2. The largest absolute Gasteiger partial charge is 0.416 e. The first kappa shape index (κ1) is 25.5. The molecule has 1 N–H and O–H groups in total. The molecule has 0 fully saturated rings. The van der Waals surface area contributed by atoms with E-state index in [0.29, 0.717) is 11.1 Å². The van der Waals surface area contributed by atoms with Crippen LogP contribution in [0.5, 0.6) is 0 Å². The normalized spacial score (nSPS) is 17.5. The van der Waals surface area contributed by atoms with Gasteiger partial charge in [0.05, 0.1) is 24.1 Å². The van der Waals surface area contributed by atoms with E-state index in [1.807, 2.05) is 42.1 Å². The fourth-order valence-corrected chi connectivity index (χ4v) is 5.26. The van der Waals surface area contributed by atoms with Gasteiger partial charge in [0.2, 0.25) is 5.91 Å². The highest BCUT2D eigenvalue weighted by molar-refractivity contribution is 6.05. The van der Waals surface area contributed by atoms with E-state index in [0.717, 1.165) is 28.6 Å². The average molecular weight is 522 g/mol. The van der Waals surface area contributed by atoms with Crippen LogP contribution in [0, 0.1) is 0 Å². The number of methoxy groups -OCH3 is 1. The predicted molar refractivity (Wildman–Crippen MR) is 138 cm³/mol. The minimum absolute atomic E-state index is 0.0271. The third-order valence-corrected chi connectivity index (χ3v) is 6.96. The summed E-state index contributed by atoms with van der Waals surface area (Å²) in [5.41, 5.74) is 1.77. The second-order valence-electron chi connectivity index (χ2n) is 9.28. The molecule has 1 aliphatic rings. The summed E-state index contributed by atoms with van der Waals surface area (Å²) in [7, 11) is 3.43. The lowest BCUT2D eigenvalue weighted by atomic mass is 9.79. The summed E-state index contributed by atoms with van der Waals surface area (Å²) in [6.07, 6.45) is -2.64. The highest BCUT2D eigenvalue weighted by atomic mass is 19.4. The summed E-state index contributed by atoms with van der Waals surface area (Å²) in [5, 5.41) is 3.58. The van der Waals surface area contributed by atoms with Crippen molar-refractivity contribution in [2.45, 2.75) is 18.1 Å². The van der Waals surface area contributed by atoms with E-state index in [1.54, 1.807) is 29.2 Å². The lowest BCUT2D eigenvalue weighted by Crippen LogP contribution is -2.47. The minimum atomic E-state index is -4.55. The van der Waals surface area contributed by atoms with Gasteiger partial charge in [-0.1, -0.05) is 42.5 Å². The van der Waals surface area contributed by atoms with Crippen molar-refractivity contribution < 1.29 is 27.5 Å². The van der Waals surface area contributed by atoms with Crippen molar-refractivity contribution in [3.05, 3.63) is 101 Å². The van der Waals surface area contributed by atoms with Gasteiger partial charge in [0.1, 0.15) is 0 Å². The molecular formula is C29H26F3N3O3.